The molecule has 1 heteroatoms. The van der Waals surface area contributed by atoms with Crippen LogP contribution in [0.4, 0.5) is 0 Å². The highest BCUT2D eigenvalue weighted by Gasteiger charge is 1.96. The van der Waals surface area contributed by atoms with Crippen molar-refractivity contribution in [2.75, 3.05) is 0 Å². The summed E-state index contributed by atoms with van der Waals surface area (Å²) >= 11 is 0. The molecule has 0 saturated heterocycles. The number of aliphatic hydroxyl groups is 1. The maximum atomic E-state index is 9.30. The summed E-state index contributed by atoms with van der Waals surface area (Å²) in [6.07, 6.45) is 2.43. The Labute approximate surface area is 75.2 Å². The van der Waals surface area contributed by atoms with Gasteiger partial charge in [-0.25, -0.2) is 0 Å². The van der Waals surface area contributed by atoms with E-state index in [2.05, 4.69) is 23.7 Å². The summed E-state index contributed by atoms with van der Waals surface area (Å²) in [5, 5.41) is 9.30. The van der Waals surface area contributed by atoms with E-state index >= 15 is 0 Å². The van der Waals surface area contributed by atoms with Gasteiger partial charge < -0.3 is 5.11 Å². The van der Waals surface area contributed by atoms with Crippen LogP contribution < -0.4 is 0 Å². The summed E-state index contributed by atoms with van der Waals surface area (Å²) in [4.78, 5) is 0. The molecule has 0 aromatic heterocycles. The fourth-order valence-corrected chi connectivity index (χ4v) is 0.702. The van der Waals surface area contributed by atoms with Crippen molar-refractivity contribution < 1.29 is 5.11 Å². The van der Waals surface area contributed by atoms with E-state index in [4.69, 9.17) is 0 Å². The SMILES string of the molecule is CCC#CCC(O)CC#CCC. The Bertz CT molecular complexity index is 185. The minimum atomic E-state index is -0.372. The van der Waals surface area contributed by atoms with Gasteiger partial charge in [-0.1, -0.05) is 13.8 Å². The van der Waals surface area contributed by atoms with E-state index in [0.29, 0.717) is 12.8 Å². The molecular formula is C11H16O. The van der Waals surface area contributed by atoms with Crippen LogP contribution in [0.25, 0.3) is 0 Å². The van der Waals surface area contributed by atoms with Crippen LogP contribution >= 0.6 is 0 Å². The molecule has 0 aromatic carbocycles. The fraction of sp³-hybridized carbons (Fsp3) is 0.636. The van der Waals surface area contributed by atoms with Crippen LogP contribution in [0.2, 0.25) is 0 Å². The van der Waals surface area contributed by atoms with Crippen LogP contribution in [-0.4, -0.2) is 11.2 Å². The van der Waals surface area contributed by atoms with Crippen molar-refractivity contribution in [3.63, 3.8) is 0 Å². The predicted molar refractivity (Wildman–Crippen MR) is 51.4 cm³/mol. The second-order valence-corrected chi connectivity index (χ2v) is 2.48. The summed E-state index contributed by atoms with van der Waals surface area (Å²) in [7, 11) is 0. The van der Waals surface area contributed by atoms with Crippen LogP contribution in [0.1, 0.15) is 39.5 Å². The van der Waals surface area contributed by atoms with E-state index in [1.807, 2.05) is 13.8 Å². The zero-order chi connectivity index (χ0) is 9.23. The molecule has 0 bridgehead atoms. The van der Waals surface area contributed by atoms with Crippen molar-refractivity contribution >= 4 is 0 Å². The largest absolute Gasteiger partial charge is 0.391 e. The van der Waals surface area contributed by atoms with Crippen LogP contribution in [0, 0.1) is 23.7 Å². The van der Waals surface area contributed by atoms with Gasteiger partial charge in [-0.15, -0.1) is 23.7 Å². The van der Waals surface area contributed by atoms with Crippen molar-refractivity contribution in [2.45, 2.75) is 45.6 Å². The van der Waals surface area contributed by atoms with Crippen molar-refractivity contribution in [3.8, 4) is 23.7 Å². The molecule has 12 heavy (non-hydrogen) atoms. The molecule has 0 radical (unpaired) electrons. The third-order valence-corrected chi connectivity index (χ3v) is 1.28. The van der Waals surface area contributed by atoms with Gasteiger partial charge in [0.15, 0.2) is 0 Å². The molecule has 0 aliphatic heterocycles. The summed E-state index contributed by atoms with van der Waals surface area (Å²) < 4.78 is 0. The summed E-state index contributed by atoms with van der Waals surface area (Å²) in [6, 6.07) is 0. The maximum absolute atomic E-state index is 9.30. The normalized spacial score (nSPS) is 8.33. The van der Waals surface area contributed by atoms with Gasteiger partial charge in [0.1, 0.15) is 0 Å². The van der Waals surface area contributed by atoms with Gasteiger partial charge in [-0.05, 0) is 0 Å². The first-order valence-corrected chi connectivity index (χ1v) is 4.40. The second-order valence-electron chi connectivity index (χ2n) is 2.48. The minimum Gasteiger partial charge on any atom is -0.391 e. The monoisotopic (exact) mass is 164 g/mol. The van der Waals surface area contributed by atoms with E-state index in [1.54, 1.807) is 0 Å². The number of rotatable bonds is 2. The molecule has 0 fully saturated rings. The molecule has 0 aromatic rings. The summed E-state index contributed by atoms with van der Waals surface area (Å²) in [6.45, 7) is 3.99. The lowest BCUT2D eigenvalue weighted by Crippen LogP contribution is -2.02. The number of hydrogen-bond acceptors (Lipinski definition) is 1. The van der Waals surface area contributed by atoms with E-state index in [0.717, 1.165) is 12.8 Å². The highest BCUT2D eigenvalue weighted by Crippen LogP contribution is 1.94. The van der Waals surface area contributed by atoms with E-state index in [9.17, 15) is 5.11 Å². The molecule has 1 N–H and O–H groups in total. The van der Waals surface area contributed by atoms with Gasteiger partial charge in [-0.3, -0.25) is 0 Å². The minimum absolute atomic E-state index is 0.372. The highest BCUT2D eigenvalue weighted by atomic mass is 16.3. The molecule has 0 spiro atoms. The van der Waals surface area contributed by atoms with Crippen LogP contribution in [0.5, 0.6) is 0 Å². The molecule has 0 rings (SSSR count). The van der Waals surface area contributed by atoms with Gasteiger partial charge in [0.05, 0.1) is 6.10 Å². The van der Waals surface area contributed by atoms with Crippen LogP contribution in [0.3, 0.4) is 0 Å². The third-order valence-electron chi connectivity index (χ3n) is 1.28. The molecular weight excluding hydrogens is 148 g/mol. The lowest BCUT2D eigenvalue weighted by atomic mass is 10.2. The van der Waals surface area contributed by atoms with Gasteiger partial charge >= 0.3 is 0 Å². The average molecular weight is 164 g/mol. The molecule has 0 atom stereocenters. The standard InChI is InChI=1S/C11H16O/c1-3-5-7-9-11(12)10-8-6-4-2/h11-12H,3-4,9-10H2,1-2H3. The smallest absolute Gasteiger partial charge is 0.0758 e. The Morgan fingerprint density at radius 1 is 0.917 bits per heavy atom. The van der Waals surface area contributed by atoms with Crippen molar-refractivity contribution in [3.05, 3.63) is 0 Å². The average Bonchev–Trinajstić information content (AvgIpc) is 2.06. The summed E-state index contributed by atoms with van der Waals surface area (Å²) in [5.41, 5.74) is 0. The number of aliphatic hydroxyl groups excluding tert-OH is 1. The molecule has 0 aliphatic rings. The highest BCUT2D eigenvalue weighted by molar-refractivity contribution is 5.03. The van der Waals surface area contributed by atoms with Gasteiger partial charge in [0.25, 0.3) is 0 Å². The van der Waals surface area contributed by atoms with Gasteiger partial charge in [-0.2, -0.15) is 0 Å². The van der Waals surface area contributed by atoms with E-state index < -0.39 is 0 Å². The topological polar surface area (TPSA) is 20.2 Å². The molecule has 0 aliphatic carbocycles. The fourth-order valence-electron chi connectivity index (χ4n) is 0.702. The third kappa shape index (κ3) is 7.19. The molecule has 0 unspecified atom stereocenters. The first kappa shape index (κ1) is 11.1. The Hall–Kier alpha value is -0.920. The lowest BCUT2D eigenvalue weighted by Gasteiger charge is -1.98. The molecule has 0 saturated carbocycles. The molecule has 0 heterocycles. The van der Waals surface area contributed by atoms with Crippen molar-refractivity contribution in [2.24, 2.45) is 0 Å². The molecule has 66 valence electrons. The van der Waals surface area contributed by atoms with Crippen LogP contribution in [-0.2, 0) is 0 Å². The quantitative estimate of drug-likeness (QED) is 0.618. The lowest BCUT2D eigenvalue weighted by molar-refractivity contribution is 0.186. The number of hydrogen-bond donors (Lipinski definition) is 1. The Morgan fingerprint density at radius 2 is 1.33 bits per heavy atom. The Morgan fingerprint density at radius 3 is 1.67 bits per heavy atom. The molecule has 0 amide bonds. The molecule has 1 nitrogen and oxygen atoms in total. The summed E-state index contributed by atoms with van der Waals surface area (Å²) in [5.74, 6) is 11.6. The second kappa shape index (κ2) is 8.18. The van der Waals surface area contributed by atoms with Crippen molar-refractivity contribution in [1.82, 2.24) is 0 Å². The zero-order valence-corrected chi connectivity index (χ0v) is 7.85. The maximum Gasteiger partial charge on any atom is 0.0758 e. The van der Waals surface area contributed by atoms with Gasteiger partial charge in [0, 0.05) is 25.7 Å². The van der Waals surface area contributed by atoms with E-state index in [-0.39, 0.29) is 6.10 Å². The van der Waals surface area contributed by atoms with Gasteiger partial charge in [0.2, 0.25) is 0 Å². The Balaban J connectivity index is 3.52. The first-order chi connectivity index (χ1) is 5.81. The van der Waals surface area contributed by atoms with Crippen LogP contribution in [0.15, 0.2) is 0 Å². The van der Waals surface area contributed by atoms with E-state index in [1.165, 1.54) is 0 Å². The Kier molecular flexibility index (Phi) is 7.55. The first-order valence-electron chi connectivity index (χ1n) is 4.40. The van der Waals surface area contributed by atoms with Crippen molar-refractivity contribution in [1.29, 1.82) is 0 Å². The zero-order valence-electron chi connectivity index (χ0n) is 7.85. The predicted octanol–water partition coefficient (Wildman–Crippen LogP) is 1.95.